The highest BCUT2D eigenvalue weighted by atomic mass is 32.1. The highest BCUT2D eigenvalue weighted by Crippen LogP contribution is 2.11. The van der Waals surface area contributed by atoms with E-state index in [4.69, 9.17) is 12.2 Å². The van der Waals surface area contributed by atoms with E-state index >= 15 is 0 Å². The average molecular weight is 247 g/mol. The molecule has 0 amide bonds. The summed E-state index contributed by atoms with van der Waals surface area (Å²) in [6.07, 6.45) is 5.17. The van der Waals surface area contributed by atoms with Crippen LogP contribution in [0.4, 0.5) is 0 Å². The van der Waals surface area contributed by atoms with Gasteiger partial charge < -0.3 is 0 Å². The largest absolute Gasteiger partial charge is 0.264 e. The van der Waals surface area contributed by atoms with Crippen molar-refractivity contribution < 1.29 is 0 Å². The molecule has 0 aliphatic carbocycles. The molecule has 2 aromatic heterocycles. The van der Waals surface area contributed by atoms with E-state index in [1.54, 1.807) is 23.3 Å². The number of aromatic amines is 1. The second-order valence-electron chi connectivity index (χ2n) is 3.88. The normalized spacial score (nSPS) is 11.5. The molecule has 6 heteroatoms. The third kappa shape index (κ3) is 2.65. The molecule has 0 aliphatic heterocycles. The van der Waals surface area contributed by atoms with Gasteiger partial charge in [0.15, 0.2) is 5.82 Å². The van der Waals surface area contributed by atoms with E-state index in [2.05, 4.69) is 20.3 Å². The Labute approximate surface area is 104 Å². The number of pyridine rings is 1. The molecule has 1 N–H and O–H groups in total. The van der Waals surface area contributed by atoms with Crippen molar-refractivity contribution in [3.63, 3.8) is 0 Å². The Kier molecular flexibility index (Phi) is 3.43. The van der Waals surface area contributed by atoms with Crippen LogP contribution in [0.25, 0.3) is 0 Å². The minimum Gasteiger partial charge on any atom is -0.264 e. The minimum absolute atomic E-state index is 0.258. The zero-order chi connectivity index (χ0) is 12.3. The van der Waals surface area contributed by atoms with Gasteiger partial charge in [-0.05, 0) is 18.3 Å². The number of H-pyrrole nitrogens is 1. The van der Waals surface area contributed by atoms with Crippen LogP contribution in [0.2, 0.25) is 0 Å². The minimum atomic E-state index is 0.258. The van der Waals surface area contributed by atoms with E-state index in [1.165, 1.54) is 0 Å². The van der Waals surface area contributed by atoms with Gasteiger partial charge in [-0.15, -0.1) is 0 Å². The Morgan fingerprint density at radius 1 is 1.53 bits per heavy atom. The molecule has 0 saturated carbocycles. The summed E-state index contributed by atoms with van der Waals surface area (Å²) in [5, 5.41) is 11.2. The Morgan fingerprint density at radius 2 is 2.35 bits per heavy atom. The maximum absolute atomic E-state index is 5.12. The molecule has 0 fully saturated rings. The van der Waals surface area contributed by atoms with Gasteiger partial charge >= 0.3 is 0 Å². The first-order valence-corrected chi connectivity index (χ1v) is 5.71. The molecule has 0 aliphatic rings. The molecule has 0 aromatic carbocycles. The summed E-state index contributed by atoms with van der Waals surface area (Å²) in [6.45, 7) is 4.09. The Hall–Kier alpha value is -1.82. The second kappa shape index (κ2) is 5.01. The molecular formula is C11H13N5S. The summed E-state index contributed by atoms with van der Waals surface area (Å²) in [5.74, 6) is 1.07. The lowest BCUT2D eigenvalue weighted by molar-refractivity contribution is 0.695. The fourth-order valence-electron chi connectivity index (χ4n) is 1.37. The van der Waals surface area contributed by atoms with Gasteiger partial charge in [0.05, 0.1) is 6.21 Å². The predicted molar refractivity (Wildman–Crippen MR) is 68.7 cm³/mol. The molecule has 0 saturated heterocycles. The number of hydrogen-bond acceptors (Lipinski definition) is 4. The lowest BCUT2D eigenvalue weighted by atomic mass is 10.2. The van der Waals surface area contributed by atoms with Gasteiger partial charge in [-0.3, -0.25) is 10.1 Å². The van der Waals surface area contributed by atoms with Gasteiger partial charge in [0, 0.05) is 23.9 Å². The summed E-state index contributed by atoms with van der Waals surface area (Å²) < 4.78 is 2.13. The molecule has 2 heterocycles. The lowest BCUT2D eigenvalue weighted by Gasteiger charge is -2.02. The van der Waals surface area contributed by atoms with Crippen molar-refractivity contribution in [2.75, 3.05) is 0 Å². The number of hydrogen-bond donors (Lipinski definition) is 1. The lowest BCUT2D eigenvalue weighted by Crippen LogP contribution is -2.00. The Balaban J connectivity index is 2.33. The maximum atomic E-state index is 5.12. The molecule has 0 radical (unpaired) electrons. The van der Waals surface area contributed by atoms with E-state index in [1.807, 2.05) is 26.0 Å². The molecule has 2 rings (SSSR count). The highest BCUT2D eigenvalue weighted by Gasteiger charge is 2.08. The van der Waals surface area contributed by atoms with Crippen LogP contribution in [0, 0.1) is 4.77 Å². The van der Waals surface area contributed by atoms with Gasteiger partial charge in [-0.25, -0.2) is 0 Å². The second-order valence-corrected chi connectivity index (χ2v) is 4.27. The average Bonchev–Trinajstić information content (AvgIpc) is 2.69. The zero-order valence-electron chi connectivity index (χ0n) is 9.66. The van der Waals surface area contributed by atoms with E-state index in [9.17, 15) is 0 Å². The fourth-order valence-corrected chi connectivity index (χ4v) is 1.55. The number of rotatable bonds is 3. The van der Waals surface area contributed by atoms with Crippen LogP contribution in [0.3, 0.4) is 0 Å². The molecule has 0 unspecified atom stereocenters. The first-order valence-electron chi connectivity index (χ1n) is 5.30. The van der Waals surface area contributed by atoms with Crippen molar-refractivity contribution in [1.82, 2.24) is 19.9 Å². The summed E-state index contributed by atoms with van der Waals surface area (Å²) in [5.41, 5.74) is 0.922. The van der Waals surface area contributed by atoms with Gasteiger partial charge in [0.2, 0.25) is 4.77 Å². The van der Waals surface area contributed by atoms with Crippen molar-refractivity contribution in [2.45, 2.75) is 19.8 Å². The van der Waals surface area contributed by atoms with Gasteiger partial charge in [0.25, 0.3) is 0 Å². The van der Waals surface area contributed by atoms with Crippen LogP contribution in [0.15, 0.2) is 29.6 Å². The third-order valence-electron chi connectivity index (χ3n) is 2.20. The molecule has 5 nitrogen and oxygen atoms in total. The van der Waals surface area contributed by atoms with Crippen molar-refractivity contribution >= 4 is 18.4 Å². The van der Waals surface area contributed by atoms with Crippen molar-refractivity contribution in [3.05, 3.63) is 40.7 Å². The van der Waals surface area contributed by atoms with Gasteiger partial charge in [0.1, 0.15) is 0 Å². The van der Waals surface area contributed by atoms with Crippen molar-refractivity contribution in [1.29, 1.82) is 0 Å². The third-order valence-corrected chi connectivity index (χ3v) is 2.46. The van der Waals surface area contributed by atoms with E-state index in [0.29, 0.717) is 4.77 Å². The molecule has 88 valence electrons. The number of nitrogens with zero attached hydrogens (tertiary/aromatic N) is 4. The van der Waals surface area contributed by atoms with Crippen LogP contribution in [0.5, 0.6) is 0 Å². The monoisotopic (exact) mass is 247 g/mol. The zero-order valence-corrected chi connectivity index (χ0v) is 10.5. The molecule has 2 aromatic rings. The van der Waals surface area contributed by atoms with E-state index in [0.717, 1.165) is 11.4 Å². The number of nitrogens with one attached hydrogen (secondary N) is 1. The van der Waals surface area contributed by atoms with Crippen LogP contribution in [0.1, 0.15) is 31.2 Å². The SMILES string of the molecule is CC(C)c1n[nH]c(=S)n1/N=C/c1cccnc1. The summed E-state index contributed by atoms with van der Waals surface area (Å²) in [4.78, 5) is 4.01. The fraction of sp³-hybridized carbons (Fsp3) is 0.273. The quantitative estimate of drug-likeness (QED) is 0.669. The van der Waals surface area contributed by atoms with E-state index in [-0.39, 0.29) is 5.92 Å². The molecule has 17 heavy (non-hydrogen) atoms. The van der Waals surface area contributed by atoms with Gasteiger partial charge in [-0.1, -0.05) is 19.9 Å². The first kappa shape index (κ1) is 11.7. The first-order chi connectivity index (χ1) is 8.18. The van der Waals surface area contributed by atoms with Crippen LogP contribution in [-0.2, 0) is 0 Å². The predicted octanol–water partition coefficient (Wildman–Crippen LogP) is 2.34. The molecule has 0 atom stereocenters. The smallest absolute Gasteiger partial charge is 0.216 e. The molecule has 0 spiro atoms. The Morgan fingerprint density at radius 3 is 3.00 bits per heavy atom. The van der Waals surface area contributed by atoms with Crippen molar-refractivity contribution in [3.8, 4) is 0 Å². The van der Waals surface area contributed by atoms with Crippen LogP contribution >= 0.6 is 12.2 Å². The number of aromatic nitrogens is 4. The summed E-state index contributed by atoms with van der Waals surface area (Å²) >= 11 is 5.12. The van der Waals surface area contributed by atoms with Crippen molar-refractivity contribution in [2.24, 2.45) is 5.10 Å². The summed E-state index contributed by atoms with van der Waals surface area (Å²) in [7, 11) is 0. The van der Waals surface area contributed by atoms with E-state index < -0.39 is 0 Å². The molecule has 0 bridgehead atoms. The highest BCUT2D eigenvalue weighted by molar-refractivity contribution is 7.71. The summed E-state index contributed by atoms with van der Waals surface area (Å²) in [6, 6.07) is 3.79. The molecular weight excluding hydrogens is 234 g/mol. The maximum Gasteiger partial charge on any atom is 0.216 e. The Bertz CT molecular complexity index is 567. The van der Waals surface area contributed by atoms with Gasteiger partial charge in [-0.2, -0.15) is 14.9 Å². The standard InChI is InChI=1S/C11H13N5S/c1-8(2)10-14-15-11(17)16(10)13-7-9-4-3-5-12-6-9/h3-8H,1-2H3,(H,15,17)/b13-7+. The van der Waals surface area contributed by atoms with Crippen LogP contribution < -0.4 is 0 Å². The topological polar surface area (TPSA) is 58.9 Å². The van der Waals surface area contributed by atoms with Crippen LogP contribution in [-0.4, -0.2) is 26.1 Å².